The van der Waals surface area contributed by atoms with E-state index in [9.17, 15) is 9.59 Å². The van der Waals surface area contributed by atoms with E-state index in [0.717, 1.165) is 0 Å². The molecule has 0 aromatic heterocycles. The lowest BCUT2D eigenvalue weighted by atomic mass is 10.1. The fourth-order valence-electron chi connectivity index (χ4n) is 1.64. The second-order valence-electron chi connectivity index (χ2n) is 4.14. The summed E-state index contributed by atoms with van der Waals surface area (Å²) in [5, 5.41) is 0. The first kappa shape index (κ1) is 14.2. The van der Waals surface area contributed by atoms with Crippen LogP contribution in [-0.2, 0) is 0 Å². The van der Waals surface area contributed by atoms with Gasteiger partial charge in [0, 0.05) is 5.56 Å². The summed E-state index contributed by atoms with van der Waals surface area (Å²) in [6, 6.07) is 12.4. The second-order valence-corrected chi connectivity index (χ2v) is 4.14. The Balaban J connectivity index is 2.10. The topological polar surface area (TPSA) is 47.7 Å². The Morgan fingerprint density at radius 2 is 1.57 bits per heavy atom. The highest BCUT2D eigenvalue weighted by Crippen LogP contribution is 2.17. The van der Waals surface area contributed by atoms with Crippen LogP contribution in [0.15, 0.2) is 61.2 Å². The largest absolute Gasteiger partial charge is 0.423 e. The first-order chi connectivity index (χ1) is 10.1. The third-order valence-corrected chi connectivity index (χ3v) is 2.77. The molecular formula is C17H11NO3. The predicted octanol–water partition coefficient (Wildman–Crippen LogP) is 3.83. The van der Waals surface area contributed by atoms with Gasteiger partial charge in [-0.05, 0) is 30.3 Å². The molecule has 0 aliphatic rings. The molecule has 0 aliphatic heterocycles. The van der Waals surface area contributed by atoms with Crippen molar-refractivity contribution in [2.45, 2.75) is 0 Å². The number of carbonyl (C=O) groups excluding carboxylic acids is 2. The molecule has 2 rings (SSSR count). The maximum Gasteiger partial charge on any atom is 0.343 e. The average molecular weight is 277 g/mol. The van der Waals surface area contributed by atoms with Crippen molar-refractivity contribution in [1.29, 1.82) is 0 Å². The van der Waals surface area contributed by atoms with Crippen molar-refractivity contribution in [3.8, 4) is 5.75 Å². The predicted molar refractivity (Wildman–Crippen MR) is 78.6 cm³/mol. The molecule has 4 heteroatoms. The SMILES string of the molecule is [C-]#[N+]c1ccc(C(=O)Oc2ccc(C(=O)C=C)cc2)cc1. The van der Waals surface area contributed by atoms with Crippen molar-refractivity contribution < 1.29 is 14.3 Å². The van der Waals surface area contributed by atoms with Crippen molar-refractivity contribution in [2.24, 2.45) is 0 Å². The van der Waals surface area contributed by atoms with Gasteiger partial charge >= 0.3 is 5.97 Å². The van der Waals surface area contributed by atoms with Crippen LogP contribution in [0.2, 0.25) is 0 Å². The molecule has 0 atom stereocenters. The number of carbonyl (C=O) groups is 2. The van der Waals surface area contributed by atoms with Crippen LogP contribution in [0.3, 0.4) is 0 Å². The van der Waals surface area contributed by atoms with Gasteiger partial charge in [-0.1, -0.05) is 30.8 Å². The van der Waals surface area contributed by atoms with Crippen molar-refractivity contribution in [1.82, 2.24) is 0 Å². The molecule has 0 amide bonds. The molecule has 0 fully saturated rings. The molecule has 4 nitrogen and oxygen atoms in total. The van der Waals surface area contributed by atoms with Crippen LogP contribution >= 0.6 is 0 Å². The second kappa shape index (κ2) is 6.31. The van der Waals surface area contributed by atoms with Crippen LogP contribution < -0.4 is 4.74 Å². The molecule has 0 spiro atoms. The van der Waals surface area contributed by atoms with Gasteiger partial charge < -0.3 is 4.74 Å². The van der Waals surface area contributed by atoms with Gasteiger partial charge in [-0.15, -0.1) is 0 Å². The summed E-state index contributed by atoms with van der Waals surface area (Å²) in [5.74, 6) is -0.369. The summed E-state index contributed by atoms with van der Waals surface area (Å²) in [7, 11) is 0. The molecule has 2 aromatic carbocycles. The van der Waals surface area contributed by atoms with Crippen LogP contribution in [0.4, 0.5) is 5.69 Å². The maximum absolute atomic E-state index is 11.9. The minimum Gasteiger partial charge on any atom is -0.423 e. The molecule has 0 N–H and O–H groups in total. The highest BCUT2D eigenvalue weighted by molar-refractivity contribution is 6.04. The summed E-state index contributed by atoms with van der Waals surface area (Å²) in [5.41, 5.74) is 1.29. The third-order valence-electron chi connectivity index (χ3n) is 2.77. The van der Waals surface area contributed by atoms with E-state index in [4.69, 9.17) is 11.3 Å². The van der Waals surface area contributed by atoms with E-state index in [1.165, 1.54) is 18.2 Å². The Kier molecular flexibility index (Phi) is 4.27. The Labute approximate surface area is 122 Å². The van der Waals surface area contributed by atoms with Crippen LogP contribution in [0.5, 0.6) is 5.75 Å². The van der Waals surface area contributed by atoms with Gasteiger partial charge in [0.05, 0.1) is 12.1 Å². The normalized spacial score (nSPS) is 9.48. The number of rotatable bonds is 4. The zero-order valence-corrected chi connectivity index (χ0v) is 11.1. The minimum atomic E-state index is -0.519. The Morgan fingerprint density at radius 1 is 1.00 bits per heavy atom. The van der Waals surface area contributed by atoms with E-state index in [1.807, 2.05) is 0 Å². The molecule has 2 aromatic rings. The fraction of sp³-hybridized carbons (Fsp3) is 0. The quantitative estimate of drug-likeness (QED) is 0.280. The van der Waals surface area contributed by atoms with E-state index in [0.29, 0.717) is 22.6 Å². The standard InChI is InChI=1S/C17H11NO3/c1-3-16(19)12-6-10-15(11-7-12)21-17(20)13-4-8-14(18-2)9-5-13/h3-11H,1H2. The zero-order chi connectivity index (χ0) is 15.2. The molecule has 0 radical (unpaired) electrons. The van der Waals surface area contributed by atoms with Crippen molar-refractivity contribution in [3.05, 3.63) is 83.7 Å². The monoisotopic (exact) mass is 277 g/mol. The van der Waals surface area contributed by atoms with Gasteiger partial charge in [0.1, 0.15) is 5.75 Å². The molecule has 0 aliphatic carbocycles. The maximum atomic E-state index is 11.9. The lowest BCUT2D eigenvalue weighted by Crippen LogP contribution is -2.08. The van der Waals surface area contributed by atoms with E-state index in [1.54, 1.807) is 36.4 Å². The first-order valence-electron chi connectivity index (χ1n) is 6.10. The van der Waals surface area contributed by atoms with Crippen molar-refractivity contribution in [3.63, 3.8) is 0 Å². The number of benzene rings is 2. The lowest BCUT2D eigenvalue weighted by Gasteiger charge is -2.05. The fourth-order valence-corrected chi connectivity index (χ4v) is 1.64. The van der Waals surface area contributed by atoms with Crippen molar-refractivity contribution in [2.75, 3.05) is 0 Å². The van der Waals surface area contributed by atoms with Gasteiger partial charge in [0.2, 0.25) is 0 Å². The zero-order valence-electron chi connectivity index (χ0n) is 11.1. The molecule has 102 valence electrons. The van der Waals surface area contributed by atoms with Crippen LogP contribution in [0.25, 0.3) is 4.85 Å². The number of ether oxygens (including phenoxy) is 1. The Bertz CT molecular complexity index is 722. The van der Waals surface area contributed by atoms with Crippen LogP contribution in [0, 0.1) is 6.57 Å². The first-order valence-corrected chi connectivity index (χ1v) is 6.10. The number of esters is 1. The lowest BCUT2D eigenvalue weighted by molar-refractivity contribution is 0.0735. The smallest absolute Gasteiger partial charge is 0.343 e. The number of nitrogens with zero attached hydrogens (tertiary/aromatic N) is 1. The highest BCUT2D eigenvalue weighted by atomic mass is 16.5. The van der Waals surface area contributed by atoms with E-state index < -0.39 is 5.97 Å². The van der Waals surface area contributed by atoms with Crippen LogP contribution in [0.1, 0.15) is 20.7 Å². The number of ketones is 1. The molecular weight excluding hydrogens is 266 g/mol. The highest BCUT2D eigenvalue weighted by Gasteiger charge is 2.09. The number of allylic oxidation sites excluding steroid dienone is 1. The van der Waals surface area contributed by atoms with Gasteiger partial charge in [0.15, 0.2) is 11.5 Å². The molecule has 0 saturated heterocycles. The molecule has 0 unspecified atom stereocenters. The molecule has 21 heavy (non-hydrogen) atoms. The van der Waals surface area contributed by atoms with E-state index in [2.05, 4.69) is 11.4 Å². The van der Waals surface area contributed by atoms with E-state index in [-0.39, 0.29) is 5.78 Å². The average Bonchev–Trinajstić information content (AvgIpc) is 2.55. The number of hydrogen-bond donors (Lipinski definition) is 0. The Morgan fingerprint density at radius 3 is 2.10 bits per heavy atom. The van der Waals surface area contributed by atoms with Gasteiger partial charge in [-0.25, -0.2) is 9.64 Å². The Hall–Kier alpha value is -3.19. The summed E-state index contributed by atoms with van der Waals surface area (Å²) in [6.07, 6.45) is 1.22. The van der Waals surface area contributed by atoms with Gasteiger partial charge in [-0.2, -0.15) is 0 Å². The summed E-state index contributed by atoms with van der Waals surface area (Å²) >= 11 is 0. The number of hydrogen-bond acceptors (Lipinski definition) is 3. The molecule has 0 saturated carbocycles. The molecule has 0 bridgehead atoms. The van der Waals surface area contributed by atoms with Gasteiger partial charge in [0.25, 0.3) is 0 Å². The van der Waals surface area contributed by atoms with E-state index >= 15 is 0 Å². The molecule has 0 heterocycles. The summed E-state index contributed by atoms with van der Waals surface area (Å²) < 4.78 is 5.19. The van der Waals surface area contributed by atoms with Crippen molar-refractivity contribution >= 4 is 17.4 Å². The third kappa shape index (κ3) is 3.43. The van der Waals surface area contributed by atoms with Gasteiger partial charge in [-0.3, -0.25) is 4.79 Å². The summed E-state index contributed by atoms with van der Waals surface area (Å²) in [6.45, 7) is 10.3. The minimum absolute atomic E-state index is 0.192. The summed E-state index contributed by atoms with van der Waals surface area (Å²) in [4.78, 5) is 26.5. The van der Waals surface area contributed by atoms with Crippen LogP contribution in [-0.4, -0.2) is 11.8 Å².